The Bertz CT molecular complexity index is 863. The third kappa shape index (κ3) is 5.04. The highest BCUT2D eigenvalue weighted by atomic mass is 16.3. The predicted octanol–water partition coefficient (Wildman–Crippen LogP) is 3.30. The predicted molar refractivity (Wildman–Crippen MR) is 110 cm³/mol. The Morgan fingerprint density at radius 3 is 2.72 bits per heavy atom. The van der Waals surface area contributed by atoms with Gasteiger partial charge in [0.1, 0.15) is 0 Å². The lowest BCUT2D eigenvalue weighted by Crippen LogP contribution is -2.43. The Morgan fingerprint density at radius 2 is 2.00 bits per heavy atom. The Kier molecular flexibility index (Phi) is 6.69. The highest BCUT2D eigenvalue weighted by Crippen LogP contribution is 2.22. The van der Waals surface area contributed by atoms with E-state index in [1.807, 2.05) is 13.8 Å². The number of piperidine rings is 1. The van der Waals surface area contributed by atoms with Crippen LogP contribution in [0.4, 0.5) is 5.69 Å². The van der Waals surface area contributed by atoms with Crippen LogP contribution in [0.2, 0.25) is 0 Å². The van der Waals surface area contributed by atoms with E-state index in [0.29, 0.717) is 30.8 Å². The van der Waals surface area contributed by atoms with Gasteiger partial charge in [-0.2, -0.15) is 0 Å². The molecule has 3 amide bonds. The molecule has 2 N–H and O–H groups in total. The summed E-state index contributed by atoms with van der Waals surface area (Å²) < 4.78 is 5.19. The molecule has 2 heterocycles. The van der Waals surface area contributed by atoms with Crippen molar-refractivity contribution >= 4 is 23.4 Å². The van der Waals surface area contributed by atoms with Gasteiger partial charge in [0.05, 0.1) is 23.4 Å². The minimum Gasteiger partial charge on any atom is -0.459 e. The summed E-state index contributed by atoms with van der Waals surface area (Å²) in [7, 11) is 0. The van der Waals surface area contributed by atoms with Crippen molar-refractivity contribution < 1.29 is 18.8 Å². The fourth-order valence-corrected chi connectivity index (χ4v) is 3.36. The SMILES string of the molecule is CC[C@H](C)NC(=O)c1ccccc1NC(=O)[C@@H]1CCCN(C(=O)c2ccco2)C1. The van der Waals surface area contributed by atoms with E-state index < -0.39 is 0 Å². The highest BCUT2D eigenvalue weighted by molar-refractivity contribution is 6.04. The molecule has 1 aliphatic heterocycles. The van der Waals surface area contributed by atoms with Crippen molar-refractivity contribution in [3.05, 3.63) is 54.0 Å². The minimum atomic E-state index is -0.339. The smallest absolute Gasteiger partial charge is 0.289 e. The number of amides is 3. The van der Waals surface area contributed by atoms with Crippen LogP contribution in [0.3, 0.4) is 0 Å². The minimum absolute atomic E-state index is 0.0470. The second kappa shape index (κ2) is 9.41. The van der Waals surface area contributed by atoms with Crippen LogP contribution in [0.15, 0.2) is 47.1 Å². The zero-order valence-corrected chi connectivity index (χ0v) is 16.8. The second-order valence-electron chi connectivity index (χ2n) is 7.39. The van der Waals surface area contributed by atoms with Crippen molar-refractivity contribution in [1.82, 2.24) is 10.2 Å². The van der Waals surface area contributed by atoms with Crippen molar-refractivity contribution in [3.63, 3.8) is 0 Å². The molecular formula is C22H27N3O4. The fourth-order valence-electron chi connectivity index (χ4n) is 3.36. The fraction of sp³-hybridized carbons (Fsp3) is 0.409. The molecule has 0 bridgehead atoms. The average molecular weight is 397 g/mol. The maximum atomic E-state index is 12.9. The van der Waals surface area contributed by atoms with Crippen LogP contribution >= 0.6 is 0 Å². The van der Waals surface area contributed by atoms with E-state index >= 15 is 0 Å². The molecule has 0 radical (unpaired) electrons. The van der Waals surface area contributed by atoms with Gasteiger partial charge in [0.15, 0.2) is 5.76 Å². The first-order chi connectivity index (χ1) is 14.0. The Hall–Kier alpha value is -3.09. The molecule has 0 saturated carbocycles. The van der Waals surface area contributed by atoms with Gasteiger partial charge in [-0.15, -0.1) is 0 Å². The molecule has 0 aliphatic carbocycles. The number of anilines is 1. The largest absolute Gasteiger partial charge is 0.459 e. The monoisotopic (exact) mass is 397 g/mol. The molecular weight excluding hydrogens is 370 g/mol. The number of furan rings is 1. The third-order valence-corrected chi connectivity index (χ3v) is 5.23. The van der Waals surface area contributed by atoms with Crippen LogP contribution in [-0.2, 0) is 4.79 Å². The maximum Gasteiger partial charge on any atom is 0.289 e. The Balaban J connectivity index is 1.67. The summed E-state index contributed by atoms with van der Waals surface area (Å²) in [5, 5.41) is 5.81. The summed E-state index contributed by atoms with van der Waals surface area (Å²) in [4.78, 5) is 39.6. The number of para-hydroxylation sites is 1. The van der Waals surface area contributed by atoms with Gasteiger partial charge in [0, 0.05) is 19.1 Å². The number of rotatable bonds is 6. The summed E-state index contributed by atoms with van der Waals surface area (Å²) in [6, 6.07) is 10.3. The van der Waals surface area contributed by atoms with Crippen LogP contribution in [0.5, 0.6) is 0 Å². The summed E-state index contributed by atoms with van der Waals surface area (Å²) in [5.41, 5.74) is 0.910. The van der Waals surface area contributed by atoms with Crippen LogP contribution in [0.1, 0.15) is 54.0 Å². The molecule has 0 spiro atoms. The summed E-state index contributed by atoms with van der Waals surface area (Å²) >= 11 is 0. The highest BCUT2D eigenvalue weighted by Gasteiger charge is 2.30. The number of carbonyl (C=O) groups excluding carboxylic acids is 3. The first kappa shape index (κ1) is 20.6. The number of hydrogen-bond acceptors (Lipinski definition) is 4. The normalized spacial score (nSPS) is 17.4. The molecule has 0 unspecified atom stereocenters. The molecule has 7 nitrogen and oxygen atoms in total. The number of hydrogen-bond donors (Lipinski definition) is 2. The lowest BCUT2D eigenvalue weighted by molar-refractivity contribution is -0.121. The molecule has 1 aliphatic rings. The second-order valence-corrected chi connectivity index (χ2v) is 7.39. The van der Waals surface area contributed by atoms with Gasteiger partial charge in [-0.05, 0) is 50.5 Å². The van der Waals surface area contributed by atoms with Crippen LogP contribution in [0, 0.1) is 5.92 Å². The van der Waals surface area contributed by atoms with Crippen molar-refractivity contribution in [3.8, 4) is 0 Å². The summed E-state index contributed by atoms with van der Waals surface area (Å²) in [6.07, 6.45) is 3.71. The molecule has 1 aromatic carbocycles. The van der Waals surface area contributed by atoms with Gasteiger partial charge in [0.25, 0.3) is 11.8 Å². The van der Waals surface area contributed by atoms with Gasteiger partial charge in [-0.1, -0.05) is 19.1 Å². The summed E-state index contributed by atoms with van der Waals surface area (Å²) in [6.45, 7) is 4.85. The number of carbonyl (C=O) groups is 3. The van der Waals surface area contributed by atoms with Crippen LogP contribution < -0.4 is 10.6 Å². The van der Waals surface area contributed by atoms with Crippen molar-refractivity contribution in [1.29, 1.82) is 0 Å². The van der Waals surface area contributed by atoms with E-state index in [2.05, 4.69) is 10.6 Å². The summed E-state index contributed by atoms with van der Waals surface area (Å²) in [5.74, 6) is -0.674. The average Bonchev–Trinajstić information content (AvgIpc) is 3.28. The van der Waals surface area contributed by atoms with Gasteiger partial charge in [-0.25, -0.2) is 0 Å². The quantitative estimate of drug-likeness (QED) is 0.782. The van der Waals surface area contributed by atoms with E-state index in [0.717, 1.165) is 12.8 Å². The number of nitrogens with one attached hydrogen (secondary N) is 2. The van der Waals surface area contributed by atoms with Gasteiger partial charge < -0.3 is 20.0 Å². The topological polar surface area (TPSA) is 91.7 Å². The van der Waals surface area contributed by atoms with E-state index in [1.54, 1.807) is 41.3 Å². The van der Waals surface area contributed by atoms with Gasteiger partial charge in [0.2, 0.25) is 5.91 Å². The third-order valence-electron chi connectivity index (χ3n) is 5.23. The zero-order valence-electron chi connectivity index (χ0n) is 16.8. The van der Waals surface area contributed by atoms with Crippen LogP contribution in [0.25, 0.3) is 0 Å². The first-order valence-corrected chi connectivity index (χ1v) is 10.0. The molecule has 1 aromatic heterocycles. The molecule has 1 saturated heterocycles. The zero-order chi connectivity index (χ0) is 20.8. The first-order valence-electron chi connectivity index (χ1n) is 10.0. The number of nitrogens with zero attached hydrogens (tertiary/aromatic N) is 1. The van der Waals surface area contributed by atoms with Crippen molar-refractivity contribution in [2.24, 2.45) is 5.92 Å². The molecule has 154 valence electrons. The molecule has 29 heavy (non-hydrogen) atoms. The van der Waals surface area contributed by atoms with E-state index in [-0.39, 0.29) is 35.4 Å². The molecule has 1 fully saturated rings. The standard InChI is InChI=1S/C22H27N3O4/c1-3-15(2)23-21(27)17-9-4-5-10-18(17)24-20(26)16-8-6-12-25(14-16)22(28)19-11-7-13-29-19/h4-5,7,9-11,13,15-16H,3,6,8,12,14H2,1-2H3,(H,23,27)(H,24,26)/t15-,16+/m0/s1. The van der Waals surface area contributed by atoms with E-state index in [4.69, 9.17) is 4.42 Å². The molecule has 2 aromatic rings. The molecule has 2 atom stereocenters. The molecule has 3 rings (SSSR count). The number of likely N-dealkylation sites (tertiary alicyclic amines) is 1. The van der Waals surface area contributed by atoms with Gasteiger partial charge in [-0.3, -0.25) is 14.4 Å². The van der Waals surface area contributed by atoms with Crippen molar-refractivity contribution in [2.75, 3.05) is 18.4 Å². The molecule has 7 heteroatoms. The van der Waals surface area contributed by atoms with Crippen molar-refractivity contribution in [2.45, 2.75) is 39.2 Å². The van der Waals surface area contributed by atoms with E-state index in [1.165, 1.54) is 6.26 Å². The lowest BCUT2D eigenvalue weighted by Gasteiger charge is -2.31. The van der Waals surface area contributed by atoms with E-state index in [9.17, 15) is 14.4 Å². The Labute approximate surface area is 170 Å². The Morgan fingerprint density at radius 1 is 1.21 bits per heavy atom. The van der Waals surface area contributed by atoms with Gasteiger partial charge >= 0.3 is 0 Å². The maximum absolute atomic E-state index is 12.9. The lowest BCUT2D eigenvalue weighted by atomic mass is 9.96. The number of benzene rings is 1. The van der Waals surface area contributed by atoms with Crippen LogP contribution in [-0.4, -0.2) is 41.8 Å².